The molecule has 0 fully saturated rings. The summed E-state index contributed by atoms with van der Waals surface area (Å²) in [5.41, 5.74) is 4.05. The first kappa shape index (κ1) is 19.6. The van der Waals surface area contributed by atoms with Crippen molar-refractivity contribution in [2.45, 2.75) is 19.6 Å². The number of aromatic amines is 1. The van der Waals surface area contributed by atoms with Gasteiger partial charge < -0.3 is 15.0 Å². The van der Waals surface area contributed by atoms with Crippen LogP contribution in [0.1, 0.15) is 24.1 Å². The Morgan fingerprint density at radius 1 is 1.00 bits per heavy atom. The molecule has 0 aliphatic rings. The van der Waals surface area contributed by atoms with Gasteiger partial charge >= 0.3 is 0 Å². The summed E-state index contributed by atoms with van der Waals surface area (Å²) in [6.07, 6.45) is 1.58. The van der Waals surface area contributed by atoms with Gasteiger partial charge in [-0.1, -0.05) is 70.5 Å². The number of para-hydroxylation sites is 1. The van der Waals surface area contributed by atoms with Gasteiger partial charge in [-0.3, -0.25) is 0 Å². The molecule has 0 aliphatic heterocycles. The molecule has 0 bridgehead atoms. The van der Waals surface area contributed by atoms with Crippen molar-refractivity contribution in [3.05, 3.63) is 94.7 Å². The number of benzene rings is 3. The fourth-order valence-electron chi connectivity index (χ4n) is 3.80. The van der Waals surface area contributed by atoms with E-state index in [1.807, 2.05) is 42.5 Å². The predicted octanol–water partition coefficient (Wildman–Crippen LogP) is 6.63. The van der Waals surface area contributed by atoms with Crippen LogP contribution in [0.4, 0.5) is 5.82 Å². The highest BCUT2D eigenvalue weighted by atomic mass is 79.9. The first-order valence-electron chi connectivity index (χ1n) is 10.1. The van der Waals surface area contributed by atoms with Gasteiger partial charge in [0, 0.05) is 20.9 Å². The van der Waals surface area contributed by atoms with Crippen LogP contribution in [-0.2, 0) is 6.61 Å². The van der Waals surface area contributed by atoms with Gasteiger partial charge in [-0.25, -0.2) is 9.97 Å². The highest BCUT2D eigenvalue weighted by Crippen LogP contribution is 2.34. The highest BCUT2D eigenvalue weighted by molar-refractivity contribution is 9.10. The Hall–Kier alpha value is -3.38. The van der Waals surface area contributed by atoms with E-state index in [9.17, 15) is 0 Å². The molecule has 5 aromatic rings. The summed E-state index contributed by atoms with van der Waals surface area (Å²) in [7, 11) is 0. The number of aromatic nitrogens is 3. The number of nitrogens with zero attached hydrogens (tertiary/aromatic N) is 2. The summed E-state index contributed by atoms with van der Waals surface area (Å²) in [5.74, 6) is 1.66. The SMILES string of the molecule is C[C@@H](Nc1ncnc2[nH]c3cc(Br)ccc3c12)c1ccccc1OCc1ccccc1. The number of fused-ring (bicyclic) bond motifs is 3. The molecule has 0 saturated heterocycles. The minimum absolute atomic E-state index is 0.00882. The summed E-state index contributed by atoms with van der Waals surface area (Å²) in [6.45, 7) is 2.64. The lowest BCUT2D eigenvalue weighted by molar-refractivity contribution is 0.302. The summed E-state index contributed by atoms with van der Waals surface area (Å²) in [5, 5.41) is 5.64. The second kappa shape index (κ2) is 8.40. The van der Waals surface area contributed by atoms with E-state index in [0.717, 1.165) is 49.1 Å². The number of hydrogen-bond donors (Lipinski definition) is 2. The van der Waals surface area contributed by atoms with Crippen molar-refractivity contribution in [2.24, 2.45) is 0 Å². The third kappa shape index (κ3) is 3.99. The van der Waals surface area contributed by atoms with Gasteiger partial charge in [0.05, 0.1) is 11.4 Å². The van der Waals surface area contributed by atoms with Crippen molar-refractivity contribution in [1.82, 2.24) is 15.0 Å². The van der Waals surface area contributed by atoms with Gasteiger partial charge in [-0.2, -0.15) is 0 Å². The number of anilines is 1. The zero-order valence-corrected chi connectivity index (χ0v) is 18.6. The average Bonchev–Trinajstić information content (AvgIpc) is 3.17. The number of nitrogens with one attached hydrogen (secondary N) is 2. The molecule has 0 amide bonds. The molecule has 31 heavy (non-hydrogen) atoms. The molecule has 3 aromatic carbocycles. The molecular formula is C25H21BrN4O. The first-order valence-corrected chi connectivity index (χ1v) is 10.9. The Bertz CT molecular complexity index is 1350. The van der Waals surface area contributed by atoms with Gasteiger partial charge in [-0.05, 0) is 30.7 Å². The Labute approximate surface area is 188 Å². The number of rotatable bonds is 6. The van der Waals surface area contributed by atoms with E-state index in [1.165, 1.54) is 0 Å². The van der Waals surface area contributed by atoms with E-state index in [1.54, 1.807) is 6.33 Å². The molecule has 6 heteroatoms. The van der Waals surface area contributed by atoms with Gasteiger partial charge in [0.25, 0.3) is 0 Å². The minimum atomic E-state index is -0.00882. The number of H-pyrrole nitrogens is 1. The van der Waals surface area contributed by atoms with Crippen LogP contribution in [0.5, 0.6) is 5.75 Å². The van der Waals surface area contributed by atoms with E-state index in [2.05, 4.69) is 73.5 Å². The lowest BCUT2D eigenvalue weighted by Gasteiger charge is -2.19. The van der Waals surface area contributed by atoms with Crippen molar-refractivity contribution in [1.29, 1.82) is 0 Å². The molecule has 0 saturated carbocycles. The summed E-state index contributed by atoms with van der Waals surface area (Å²) < 4.78 is 7.17. The maximum Gasteiger partial charge on any atom is 0.143 e. The topological polar surface area (TPSA) is 62.8 Å². The highest BCUT2D eigenvalue weighted by Gasteiger charge is 2.16. The fourth-order valence-corrected chi connectivity index (χ4v) is 4.16. The third-order valence-electron chi connectivity index (χ3n) is 5.33. The van der Waals surface area contributed by atoms with Gasteiger partial charge in [0.15, 0.2) is 0 Å². The van der Waals surface area contributed by atoms with Crippen LogP contribution in [0.2, 0.25) is 0 Å². The maximum absolute atomic E-state index is 6.15. The number of ether oxygens (including phenoxy) is 1. The molecule has 2 aromatic heterocycles. The molecule has 2 N–H and O–H groups in total. The zero-order chi connectivity index (χ0) is 21.2. The molecule has 0 aliphatic carbocycles. The molecule has 0 radical (unpaired) electrons. The normalized spacial score (nSPS) is 12.2. The second-order valence-electron chi connectivity index (χ2n) is 7.44. The van der Waals surface area contributed by atoms with Crippen LogP contribution in [0.25, 0.3) is 21.9 Å². The number of halogens is 1. The molecular weight excluding hydrogens is 452 g/mol. The fraction of sp³-hybridized carbons (Fsp3) is 0.120. The molecule has 2 heterocycles. The van der Waals surface area contributed by atoms with Crippen molar-refractivity contribution in [3.63, 3.8) is 0 Å². The smallest absolute Gasteiger partial charge is 0.143 e. The summed E-state index contributed by atoms with van der Waals surface area (Å²) in [4.78, 5) is 12.3. The molecule has 5 nitrogen and oxygen atoms in total. The lowest BCUT2D eigenvalue weighted by atomic mass is 10.1. The lowest BCUT2D eigenvalue weighted by Crippen LogP contribution is -2.10. The number of hydrogen-bond acceptors (Lipinski definition) is 4. The van der Waals surface area contributed by atoms with E-state index in [0.29, 0.717) is 6.61 Å². The van der Waals surface area contributed by atoms with Crippen LogP contribution >= 0.6 is 15.9 Å². The summed E-state index contributed by atoms with van der Waals surface area (Å²) >= 11 is 3.53. The quantitative estimate of drug-likeness (QED) is 0.291. The Morgan fingerprint density at radius 3 is 2.68 bits per heavy atom. The van der Waals surface area contributed by atoms with Crippen molar-refractivity contribution < 1.29 is 4.74 Å². The summed E-state index contributed by atoms with van der Waals surface area (Å²) in [6, 6.07) is 24.5. The molecule has 154 valence electrons. The Kier molecular flexibility index (Phi) is 5.30. The molecule has 1 atom stereocenters. The molecule has 0 spiro atoms. The van der Waals surface area contributed by atoms with E-state index in [-0.39, 0.29) is 6.04 Å². The standard InChI is InChI=1S/C25H21BrN4O/c1-16(19-9-5-6-10-22(19)31-14-17-7-3-2-4-8-17)29-24-23-20-12-11-18(26)13-21(20)30-25(23)28-15-27-24/h2-13,15-16H,14H2,1H3,(H2,27,28,29,30)/t16-/m1/s1. The zero-order valence-electron chi connectivity index (χ0n) is 17.0. The molecule has 5 rings (SSSR count). The van der Waals surface area contributed by atoms with E-state index < -0.39 is 0 Å². The third-order valence-corrected chi connectivity index (χ3v) is 5.82. The van der Waals surface area contributed by atoms with Crippen molar-refractivity contribution >= 4 is 43.7 Å². The minimum Gasteiger partial charge on any atom is -0.489 e. The van der Waals surface area contributed by atoms with Crippen LogP contribution < -0.4 is 10.1 Å². The second-order valence-corrected chi connectivity index (χ2v) is 8.35. The van der Waals surface area contributed by atoms with Crippen LogP contribution in [0, 0.1) is 0 Å². The van der Waals surface area contributed by atoms with Gasteiger partial charge in [0.1, 0.15) is 30.1 Å². The van der Waals surface area contributed by atoms with Crippen molar-refractivity contribution in [3.8, 4) is 5.75 Å². The largest absolute Gasteiger partial charge is 0.489 e. The van der Waals surface area contributed by atoms with E-state index in [4.69, 9.17) is 4.74 Å². The van der Waals surface area contributed by atoms with Crippen LogP contribution in [0.3, 0.4) is 0 Å². The predicted molar refractivity (Wildman–Crippen MR) is 128 cm³/mol. The Balaban J connectivity index is 1.45. The van der Waals surface area contributed by atoms with E-state index >= 15 is 0 Å². The van der Waals surface area contributed by atoms with Crippen LogP contribution in [-0.4, -0.2) is 15.0 Å². The van der Waals surface area contributed by atoms with Gasteiger partial charge in [0.2, 0.25) is 0 Å². The van der Waals surface area contributed by atoms with Gasteiger partial charge in [-0.15, -0.1) is 0 Å². The first-order chi connectivity index (χ1) is 15.2. The maximum atomic E-state index is 6.15. The van der Waals surface area contributed by atoms with Crippen LogP contribution in [0.15, 0.2) is 83.6 Å². The van der Waals surface area contributed by atoms with Crippen molar-refractivity contribution in [2.75, 3.05) is 5.32 Å². The molecule has 0 unspecified atom stereocenters. The Morgan fingerprint density at radius 2 is 1.81 bits per heavy atom. The average molecular weight is 473 g/mol. The monoisotopic (exact) mass is 472 g/mol.